The molecule has 0 rings (SSSR count). The van der Waals surface area contributed by atoms with Gasteiger partial charge in [-0.2, -0.15) is 0 Å². The van der Waals surface area contributed by atoms with E-state index in [9.17, 15) is 0 Å². The summed E-state index contributed by atoms with van der Waals surface area (Å²) in [4.78, 5) is 0. The van der Waals surface area contributed by atoms with E-state index in [2.05, 4.69) is 0 Å². The van der Waals surface area contributed by atoms with Crippen molar-refractivity contribution in [3.05, 3.63) is 0 Å². The summed E-state index contributed by atoms with van der Waals surface area (Å²) in [5.41, 5.74) is 0. The monoisotopic (exact) mass is 352 g/mol. The van der Waals surface area contributed by atoms with Crippen molar-refractivity contribution in [2.45, 2.75) is 0 Å². The molecule has 0 saturated heterocycles. The molecule has 0 aromatic heterocycles. The van der Waals surface area contributed by atoms with Gasteiger partial charge in [0.1, 0.15) is 0 Å². The Morgan fingerprint density at radius 3 is 0.250 bits per heavy atom. The first kappa shape index (κ1) is 104. The van der Waals surface area contributed by atoms with E-state index in [0.717, 1.165) is 0 Å². The molecule has 0 saturated carbocycles. The van der Waals surface area contributed by atoms with Gasteiger partial charge in [-0.3, -0.25) is 0 Å². The molecule has 0 aromatic rings. The van der Waals surface area contributed by atoms with Gasteiger partial charge in [0.05, 0.1) is 0 Å². The quantitative estimate of drug-likeness (QED) is 0.538. The topological polar surface area (TPSA) is 0 Å². The average molecular weight is 352 g/mol. The van der Waals surface area contributed by atoms with Crippen molar-refractivity contribution in [2.24, 2.45) is 0 Å². The van der Waals surface area contributed by atoms with Gasteiger partial charge < -0.3 is 54.0 Å². The minimum atomic E-state index is 0. The summed E-state index contributed by atoms with van der Waals surface area (Å²) in [6, 6.07) is 0. The van der Waals surface area contributed by atoms with Gasteiger partial charge in [-0.15, -0.1) is 0 Å². The van der Waals surface area contributed by atoms with Crippen LogP contribution >= 0.6 is 0 Å². The zero-order chi connectivity index (χ0) is 0. The maximum Gasteiger partial charge on any atom is 2.00 e. The van der Waals surface area contributed by atoms with E-state index in [0.29, 0.717) is 0 Å². The van der Waals surface area contributed by atoms with Crippen LogP contribution in [0.4, 0.5) is 0 Å². The fourth-order valence-corrected chi connectivity index (χ4v) is 0. The van der Waals surface area contributed by atoms with Crippen molar-refractivity contribution >= 4 is 54.0 Å². The number of hydrogen-bond donors (Lipinski definition) is 0. The molecular weight excluding hydrogens is 352 g/mol. The van der Waals surface area contributed by atoms with Crippen molar-refractivity contribution in [3.63, 3.8) is 0 Å². The Labute approximate surface area is 121 Å². The summed E-state index contributed by atoms with van der Waals surface area (Å²) in [7, 11) is 0. The van der Waals surface area contributed by atoms with Crippen LogP contribution in [0, 0.1) is 0 Å². The van der Waals surface area contributed by atoms with Crippen molar-refractivity contribution < 1.29 is 68.3 Å². The van der Waals surface area contributed by atoms with Crippen molar-refractivity contribution in [1.82, 2.24) is 0 Å². The van der Waals surface area contributed by atoms with Gasteiger partial charge in [-0.05, 0) is 0 Å². The zero-order valence-electron chi connectivity index (χ0n) is 3.05. The molecule has 0 aliphatic rings. The Bertz CT molecular complexity index is 8.00. The first-order valence-corrected chi connectivity index (χ1v) is 0. The van der Waals surface area contributed by atoms with Crippen LogP contribution in [0.15, 0.2) is 0 Å². The molecule has 0 atom stereocenters. The van der Waals surface area contributed by atoms with Crippen LogP contribution in [0.25, 0.3) is 0 Å². The Morgan fingerprint density at radius 2 is 0.250 bits per heavy atom. The van der Waals surface area contributed by atoms with Crippen LogP contribution in [0.2, 0.25) is 0 Å². The van der Waals surface area contributed by atoms with Gasteiger partial charge in [0.15, 0.2) is 0 Å². The van der Waals surface area contributed by atoms with Crippen LogP contribution in [0.1, 0.15) is 0 Å². The van der Waals surface area contributed by atoms with Crippen LogP contribution in [-0.4, -0.2) is 0 Å². The fourth-order valence-electron chi connectivity index (χ4n) is 0. The van der Waals surface area contributed by atoms with Gasteiger partial charge in [0.25, 0.3) is 0 Å². The van der Waals surface area contributed by atoms with E-state index in [4.69, 9.17) is 0 Å². The molecule has 8 heavy (non-hydrogen) atoms. The molecule has 0 nitrogen and oxygen atoms in total. The van der Waals surface area contributed by atoms with Crippen molar-refractivity contribution in [2.75, 3.05) is 0 Å². The first-order chi connectivity index (χ1) is 0. The SMILES string of the molecule is [Fe+2].[Fe+2].[Fe+2].[Fe+2].[S-2].[S-2].[S-2].[S-2]. The normalized spacial score (nSPS) is 0. The molecule has 0 aromatic carbocycles. The summed E-state index contributed by atoms with van der Waals surface area (Å²) in [6.07, 6.45) is 0. The fraction of sp³-hybridized carbons (Fsp3) is 0. The second-order valence-electron chi connectivity index (χ2n) is 0. The van der Waals surface area contributed by atoms with Crippen LogP contribution in [-0.2, 0) is 122 Å². The molecule has 56 valence electrons. The molecule has 0 aliphatic heterocycles. The minimum absolute atomic E-state index is 0. The molecule has 0 heterocycles. The number of rotatable bonds is 0. The van der Waals surface area contributed by atoms with E-state index >= 15 is 0 Å². The van der Waals surface area contributed by atoms with Gasteiger partial charge in [0.2, 0.25) is 0 Å². The van der Waals surface area contributed by atoms with Gasteiger partial charge in [-0.1, -0.05) is 0 Å². The molecule has 0 aliphatic carbocycles. The third-order valence-corrected chi connectivity index (χ3v) is 0. The summed E-state index contributed by atoms with van der Waals surface area (Å²) < 4.78 is 0. The summed E-state index contributed by atoms with van der Waals surface area (Å²) in [5, 5.41) is 0. The van der Waals surface area contributed by atoms with E-state index in [1.807, 2.05) is 0 Å². The smallest absolute Gasteiger partial charge is 2.00 e. The first-order valence-electron chi connectivity index (χ1n) is 0. The molecule has 0 spiro atoms. The zero-order valence-corrected chi connectivity index (χ0v) is 10.7. The van der Waals surface area contributed by atoms with Crippen LogP contribution < -0.4 is 0 Å². The molecule has 0 amide bonds. The van der Waals surface area contributed by atoms with Crippen LogP contribution in [0.3, 0.4) is 0 Å². The largest absolute Gasteiger partial charge is 2.00 e. The maximum absolute atomic E-state index is 0. The summed E-state index contributed by atoms with van der Waals surface area (Å²) in [6.45, 7) is 0. The van der Waals surface area contributed by atoms with Crippen molar-refractivity contribution in [1.29, 1.82) is 0 Å². The predicted molar refractivity (Wildman–Crippen MR) is 29.5 cm³/mol. The Morgan fingerprint density at radius 1 is 0.250 bits per heavy atom. The molecule has 0 unspecified atom stereocenters. The van der Waals surface area contributed by atoms with Crippen LogP contribution in [0.5, 0.6) is 0 Å². The molecule has 0 fully saturated rings. The predicted octanol–water partition coefficient (Wildman–Crippen LogP) is -0.0196. The summed E-state index contributed by atoms with van der Waals surface area (Å²) >= 11 is 0. The second kappa shape index (κ2) is 77.8. The molecule has 8 heteroatoms. The minimum Gasteiger partial charge on any atom is -2.00 e. The van der Waals surface area contributed by atoms with E-state index < -0.39 is 0 Å². The number of hydrogen-bond acceptors (Lipinski definition) is 0. The standard InChI is InChI=1S/4Fe.4S/q4*+2;4*-2. The van der Waals surface area contributed by atoms with Gasteiger partial charge in [0, 0.05) is 0 Å². The van der Waals surface area contributed by atoms with E-state index in [-0.39, 0.29) is 122 Å². The average Bonchev–Trinajstić information content (AvgIpc) is 0. The Balaban J connectivity index is 0. The maximum atomic E-state index is 0. The summed E-state index contributed by atoms with van der Waals surface area (Å²) in [5.74, 6) is 0. The molecule has 0 bridgehead atoms. The Hall–Kier alpha value is 3.48. The van der Waals surface area contributed by atoms with E-state index in [1.54, 1.807) is 0 Å². The van der Waals surface area contributed by atoms with Crippen molar-refractivity contribution in [3.8, 4) is 0 Å². The molecule has 0 N–H and O–H groups in total. The third-order valence-electron chi connectivity index (χ3n) is 0. The Kier molecular flexibility index (Phi) is 1010. The second-order valence-corrected chi connectivity index (χ2v) is 0. The van der Waals surface area contributed by atoms with E-state index in [1.165, 1.54) is 0 Å². The third kappa shape index (κ3) is 56.3. The van der Waals surface area contributed by atoms with Gasteiger partial charge in [-0.25, -0.2) is 0 Å². The molecular formula is Fe4S4. The van der Waals surface area contributed by atoms with Gasteiger partial charge >= 0.3 is 68.3 Å². The molecule has 0 radical (unpaired) electrons.